The smallest absolute Gasteiger partial charge is 0.0324 e. The number of rotatable bonds is 11. The summed E-state index contributed by atoms with van der Waals surface area (Å²) < 4.78 is 0. The van der Waals surface area contributed by atoms with E-state index >= 15 is 0 Å². The Morgan fingerprint density at radius 2 is 1.53 bits per heavy atom. The molecule has 0 saturated carbocycles. The highest BCUT2D eigenvalue weighted by Crippen LogP contribution is 2.28. The van der Waals surface area contributed by atoms with Crippen molar-refractivity contribution in [1.82, 2.24) is 0 Å². The van der Waals surface area contributed by atoms with Crippen LogP contribution in [0.2, 0.25) is 0 Å². The lowest BCUT2D eigenvalue weighted by atomic mass is 9.80. The van der Waals surface area contributed by atoms with Crippen LogP contribution in [0.1, 0.15) is 86.0 Å². The normalized spacial score (nSPS) is 16.8. The van der Waals surface area contributed by atoms with Crippen LogP contribution in [-0.4, -0.2) is 0 Å². The molecule has 0 nitrogen and oxygen atoms in total. The van der Waals surface area contributed by atoms with Crippen LogP contribution in [0.5, 0.6) is 0 Å². The van der Waals surface area contributed by atoms with E-state index in [9.17, 15) is 0 Å². The first kappa shape index (κ1) is 17.0. The van der Waals surface area contributed by atoms with E-state index in [1.54, 1.807) is 0 Å². The third kappa shape index (κ3) is 8.69. The Morgan fingerprint density at radius 1 is 0.824 bits per heavy atom. The summed E-state index contributed by atoms with van der Waals surface area (Å²) in [6, 6.07) is 0. The van der Waals surface area contributed by atoms with Gasteiger partial charge < -0.3 is 0 Å². The van der Waals surface area contributed by atoms with E-state index in [0.717, 1.165) is 17.8 Å². The maximum absolute atomic E-state index is 2.66. The van der Waals surface area contributed by atoms with E-state index < -0.39 is 0 Å². The lowest BCUT2D eigenvalue weighted by Crippen LogP contribution is -2.15. The summed E-state index contributed by atoms with van der Waals surface area (Å²) >= 11 is 0. The van der Waals surface area contributed by atoms with Crippen LogP contribution in [-0.2, 0) is 0 Å². The molecule has 0 aliphatic heterocycles. The zero-order valence-corrected chi connectivity index (χ0v) is 13.0. The summed E-state index contributed by atoms with van der Waals surface area (Å²) in [4.78, 5) is 0. The Kier molecular flexibility index (Phi) is 11.1. The van der Waals surface area contributed by atoms with Gasteiger partial charge in [0.25, 0.3) is 0 Å². The summed E-state index contributed by atoms with van der Waals surface area (Å²) in [7, 11) is 0. The lowest BCUT2D eigenvalue weighted by molar-refractivity contribution is 0.326. The average Bonchev–Trinajstić information content (AvgIpc) is 2.32. The molecule has 0 N–H and O–H groups in total. The number of hydrogen-bond donors (Lipinski definition) is 0. The standard InChI is InChI=1S/C17H35/c1-6-9-10-11-13-17(16(5)8-3)14-15(4)12-7-2/h14-17H,6-13H2,1-5H3. The van der Waals surface area contributed by atoms with Gasteiger partial charge in [0.1, 0.15) is 0 Å². The van der Waals surface area contributed by atoms with Crippen molar-refractivity contribution in [2.24, 2.45) is 17.8 Å². The minimum Gasteiger partial charge on any atom is -0.0654 e. The molecule has 0 saturated heterocycles. The summed E-state index contributed by atoms with van der Waals surface area (Å²) in [5.74, 6) is 2.54. The van der Waals surface area contributed by atoms with Gasteiger partial charge in [-0.2, -0.15) is 0 Å². The fraction of sp³-hybridized carbons (Fsp3) is 0.941. The largest absolute Gasteiger partial charge is 0.0654 e. The van der Waals surface area contributed by atoms with Crippen LogP contribution in [0.3, 0.4) is 0 Å². The molecule has 0 heteroatoms. The topological polar surface area (TPSA) is 0 Å². The van der Waals surface area contributed by atoms with Gasteiger partial charge in [-0.15, -0.1) is 0 Å². The fourth-order valence-corrected chi connectivity index (χ4v) is 2.65. The van der Waals surface area contributed by atoms with E-state index in [2.05, 4.69) is 41.0 Å². The maximum atomic E-state index is 2.66. The van der Waals surface area contributed by atoms with Crippen molar-refractivity contribution in [3.05, 3.63) is 6.42 Å². The highest BCUT2D eigenvalue weighted by atomic mass is 14.2. The molecule has 0 aromatic heterocycles. The van der Waals surface area contributed by atoms with Crippen LogP contribution in [0.25, 0.3) is 0 Å². The van der Waals surface area contributed by atoms with E-state index in [1.807, 2.05) is 0 Å². The molecule has 0 aliphatic carbocycles. The van der Waals surface area contributed by atoms with Gasteiger partial charge in [-0.3, -0.25) is 0 Å². The third-order valence-electron chi connectivity index (χ3n) is 4.09. The predicted octanol–water partition coefficient (Wildman–Crippen LogP) is 6.26. The fourth-order valence-electron chi connectivity index (χ4n) is 2.65. The Bertz CT molecular complexity index is 150. The monoisotopic (exact) mass is 239 g/mol. The molecule has 0 aliphatic rings. The van der Waals surface area contributed by atoms with Crippen molar-refractivity contribution in [2.45, 2.75) is 86.0 Å². The average molecular weight is 239 g/mol. The quantitative estimate of drug-likeness (QED) is 0.373. The van der Waals surface area contributed by atoms with Gasteiger partial charge in [-0.05, 0) is 30.6 Å². The molecule has 3 atom stereocenters. The second kappa shape index (κ2) is 11.1. The summed E-state index contributed by atoms with van der Waals surface area (Å²) in [5, 5.41) is 0. The van der Waals surface area contributed by atoms with Crippen LogP contribution in [0.4, 0.5) is 0 Å². The van der Waals surface area contributed by atoms with Crippen molar-refractivity contribution < 1.29 is 0 Å². The molecule has 0 aromatic rings. The van der Waals surface area contributed by atoms with Crippen LogP contribution in [0.15, 0.2) is 0 Å². The van der Waals surface area contributed by atoms with Crippen molar-refractivity contribution in [2.75, 3.05) is 0 Å². The van der Waals surface area contributed by atoms with Crippen LogP contribution >= 0.6 is 0 Å². The molecule has 0 heterocycles. The van der Waals surface area contributed by atoms with Gasteiger partial charge in [0.15, 0.2) is 0 Å². The number of hydrogen-bond acceptors (Lipinski definition) is 0. The Morgan fingerprint density at radius 3 is 2.06 bits per heavy atom. The first-order valence-corrected chi connectivity index (χ1v) is 8.00. The van der Waals surface area contributed by atoms with Gasteiger partial charge in [0.05, 0.1) is 0 Å². The molecule has 0 rings (SSSR count). The minimum absolute atomic E-state index is 0.810. The molecule has 0 aromatic carbocycles. The highest BCUT2D eigenvalue weighted by Gasteiger charge is 2.18. The van der Waals surface area contributed by atoms with Crippen molar-refractivity contribution >= 4 is 0 Å². The molecule has 0 bridgehead atoms. The Hall–Kier alpha value is 0. The first-order chi connectivity index (χ1) is 8.15. The Labute approximate surface area is 111 Å². The second-order valence-corrected chi connectivity index (χ2v) is 5.86. The molecule has 17 heavy (non-hydrogen) atoms. The van der Waals surface area contributed by atoms with Gasteiger partial charge in [0, 0.05) is 0 Å². The lowest BCUT2D eigenvalue weighted by Gasteiger charge is -2.25. The van der Waals surface area contributed by atoms with Crippen molar-refractivity contribution in [3.8, 4) is 0 Å². The minimum atomic E-state index is 0.810. The number of unbranched alkanes of at least 4 members (excludes halogenated alkanes) is 3. The van der Waals surface area contributed by atoms with Crippen molar-refractivity contribution in [3.63, 3.8) is 0 Å². The van der Waals surface area contributed by atoms with E-state index in [-0.39, 0.29) is 0 Å². The van der Waals surface area contributed by atoms with Crippen molar-refractivity contribution in [1.29, 1.82) is 0 Å². The SMILES string of the molecule is CCCCCCC([CH]C(C)CCC)C(C)CC. The zero-order valence-electron chi connectivity index (χ0n) is 13.0. The molecular weight excluding hydrogens is 204 g/mol. The second-order valence-electron chi connectivity index (χ2n) is 5.86. The van der Waals surface area contributed by atoms with E-state index in [4.69, 9.17) is 0 Å². The molecule has 103 valence electrons. The van der Waals surface area contributed by atoms with Gasteiger partial charge in [0.2, 0.25) is 0 Å². The van der Waals surface area contributed by atoms with Gasteiger partial charge in [-0.25, -0.2) is 0 Å². The van der Waals surface area contributed by atoms with Crippen LogP contribution < -0.4 is 0 Å². The predicted molar refractivity (Wildman–Crippen MR) is 80.1 cm³/mol. The highest BCUT2D eigenvalue weighted by molar-refractivity contribution is 4.84. The summed E-state index contributed by atoms with van der Waals surface area (Å²) in [6.07, 6.45) is 13.7. The van der Waals surface area contributed by atoms with Crippen LogP contribution in [0, 0.1) is 24.2 Å². The Balaban J connectivity index is 3.96. The molecule has 0 amide bonds. The molecule has 0 fully saturated rings. The molecule has 3 unspecified atom stereocenters. The van der Waals surface area contributed by atoms with Gasteiger partial charge >= 0.3 is 0 Å². The maximum Gasteiger partial charge on any atom is -0.0324 e. The van der Waals surface area contributed by atoms with Gasteiger partial charge in [-0.1, -0.05) is 79.6 Å². The first-order valence-electron chi connectivity index (χ1n) is 8.00. The summed E-state index contributed by atoms with van der Waals surface area (Å²) in [6.45, 7) is 11.7. The molecule has 0 spiro atoms. The summed E-state index contributed by atoms with van der Waals surface area (Å²) in [5.41, 5.74) is 0. The molecule has 1 radical (unpaired) electrons. The molecular formula is C17H35. The third-order valence-corrected chi connectivity index (χ3v) is 4.09. The van der Waals surface area contributed by atoms with E-state index in [1.165, 1.54) is 51.4 Å². The van der Waals surface area contributed by atoms with E-state index in [0.29, 0.717) is 0 Å². The zero-order chi connectivity index (χ0) is 13.1.